The van der Waals surface area contributed by atoms with Gasteiger partial charge in [-0.05, 0) is 43.3 Å². The molecule has 0 amide bonds. The van der Waals surface area contributed by atoms with E-state index >= 15 is 0 Å². The van der Waals surface area contributed by atoms with E-state index in [1.54, 1.807) is 0 Å². The summed E-state index contributed by atoms with van der Waals surface area (Å²) in [5, 5.41) is 7.82. The first-order valence-electron chi connectivity index (χ1n) is 5.43. The van der Waals surface area contributed by atoms with E-state index in [-0.39, 0.29) is 6.04 Å². The van der Waals surface area contributed by atoms with Crippen molar-refractivity contribution in [2.45, 2.75) is 26.3 Å². The molecule has 1 aromatic rings. The summed E-state index contributed by atoms with van der Waals surface area (Å²) in [6.45, 7) is 5.08. The largest absolute Gasteiger partial charge is 0.363 e. The van der Waals surface area contributed by atoms with Crippen molar-refractivity contribution in [1.29, 1.82) is 0 Å². The van der Waals surface area contributed by atoms with Crippen molar-refractivity contribution < 1.29 is 0 Å². The number of benzene rings is 1. The van der Waals surface area contributed by atoms with Crippen molar-refractivity contribution in [3.8, 4) is 0 Å². The fourth-order valence-corrected chi connectivity index (χ4v) is 1.73. The zero-order valence-electron chi connectivity index (χ0n) is 9.59. The van der Waals surface area contributed by atoms with E-state index in [0.717, 1.165) is 18.0 Å². The molecule has 2 N–H and O–H groups in total. The van der Waals surface area contributed by atoms with Crippen LogP contribution in [0.5, 0.6) is 0 Å². The number of halogens is 1. The molecule has 0 unspecified atom stereocenters. The van der Waals surface area contributed by atoms with Crippen LogP contribution in [0.2, 0.25) is 5.02 Å². The van der Waals surface area contributed by atoms with Gasteiger partial charge in [-0.15, -0.1) is 0 Å². The Bertz CT molecular complexity index is 337. The van der Waals surface area contributed by atoms with Gasteiger partial charge in [-0.1, -0.05) is 30.7 Å². The van der Waals surface area contributed by atoms with Crippen molar-refractivity contribution in [1.82, 2.24) is 10.6 Å². The lowest BCUT2D eigenvalue weighted by molar-refractivity contribution is 0.694. The molecule has 0 aromatic heterocycles. The number of hydrogen-bond donors (Lipinski definition) is 2. The Morgan fingerprint density at radius 3 is 2.56 bits per heavy atom. The van der Waals surface area contributed by atoms with Crippen LogP contribution in [0.3, 0.4) is 0 Å². The van der Waals surface area contributed by atoms with Gasteiger partial charge in [-0.2, -0.15) is 0 Å². The van der Waals surface area contributed by atoms with Gasteiger partial charge in [0, 0.05) is 11.6 Å². The molecule has 0 aliphatic carbocycles. The van der Waals surface area contributed by atoms with Gasteiger partial charge in [-0.25, -0.2) is 0 Å². The second kappa shape index (κ2) is 6.71. The highest BCUT2D eigenvalue weighted by atomic mass is 35.5. The van der Waals surface area contributed by atoms with Crippen molar-refractivity contribution in [2.24, 2.45) is 0 Å². The van der Waals surface area contributed by atoms with Crippen LogP contribution in [0.1, 0.15) is 31.9 Å². The maximum Gasteiger partial charge on any atom is 0.166 e. The van der Waals surface area contributed by atoms with Crippen molar-refractivity contribution in [3.05, 3.63) is 34.9 Å². The molecule has 1 aromatic carbocycles. The summed E-state index contributed by atoms with van der Waals surface area (Å²) in [6, 6.07) is 7.97. The average Bonchev–Trinajstić information content (AvgIpc) is 2.27. The van der Waals surface area contributed by atoms with Gasteiger partial charge in [0.1, 0.15) is 0 Å². The number of hydrogen-bond acceptors (Lipinski definition) is 1. The molecule has 88 valence electrons. The molecule has 0 aliphatic heterocycles. The third-order valence-corrected chi connectivity index (χ3v) is 2.77. The van der Waals surface area contributed by atoms with Gasteiger partial charge in [0.05, 0.1) is 6.04 Å². The summed E-state index contributed by atoms with van der Waals surface area (Å²) < 4.78 is 0. The zero-order valence-corrected chi connectivity index (χ0v) is 11.2. The lowest BCUT2D eigenvalue weighted by Crippen LogP contribution is -2.37. The summed E-state index contributed by atoms with van der Waals surface area (Å²) in [7, 11) is 0. The Morgan fingerprint density at radius 1 is 1.38 bits per heavy atom. The van der Waals surface area contributed by atoms with Gasteiger partial charge < -0.3 is 10.6 Å². The van der Waals surface area contributed by atoms with Gasteiger partial charge in [0.15, 0.2) is 5.11 Å². The van der Waals surface area contributed by atoms with Crippen LogP contribution < -0.4 is 10.6 Å². The third-order valence-electron chi connectivity index (χ3n) is 2.25. The Hall–Kier alpha value is -0.800. The van der Waals surface area contributed by atoms with Crippen LogP contribution in [0, 0.1) is 0 Å². The fraction of sp³-hybridized carbons (Fsp3) is 0.417. The molecule has 4 heteroatoms. The molecule has 0 spiro atoms. The Labute approximate surface area is 107 Å². The molecule has 1 atom stereocenters. The maximum absolute atomic E-state index is 5.83. The number of rotatable bonds is 4. The van der Waals surface area contributed by atoms with Gasteiger partial charge in [-0.3, -0.25) is 0 Å². The second-order valence-corrected chi connectivity index (χ2v) is 4.52. The molecule has 1 rings (SSSR count). The summed E-state index contributed by atoms with van der Waals surface area (Å²) >= 11 is 11.0. The van der Waals surface area contributed by atoms with Gasteiger partial charge in [0.25, 0.3) is 0 Å². The Balaban J connectivity index is 2.48. The van der Waals surface area contributed by atoms with Crippen LogP contribution in [0.15, 0.2) is 24.3 Å². The standard InChI is InChI=1S/C12H17ClN2S/c1-3-8-14-12(16)15-9(2)10-4-6-11(13)7-5-10/h4-7,9H,3,8H2,1-2H3,(H2,14,15,16)/t9-/m0/s1. The summed E-state index contributed by atoms with van der Waals surface area (Å²) in [4.78, 5) is 0. The molecule has 16 heavy (non-hydrogen) atoms. The first-order chi connectivity index (χ1) is 7.63. The van der Waals surface area contributed by atoms with E-state index in [2.05, 4.69) is 24.5 Å². The lowest BCUT2D eigenvalue weighted by Gasteiger charge is -2.17. The van der Waals surface area contributed by atoms with E-state index < -0.39 is 0 Å². The van der Waals surface area contributed by atoms with Crippen LogP contribution >= 0.6 is 23.8 Å². The lowest BCUT2D eigenvalue weighted by atomic mass is 10.1. The minimum Gasteiger partial charge on any atom is -0.363 e. The van der Waals surface area contributed by atoms with E-state index in [4.69, 9.17) is 23.8 Å². The highest BCUT2D eigenvalue weighted by molar-refractivity contribution is 7.80. The quantitative estimate of drug-likeness (QED) is 0.809. The molecule has 0 saturated heterocycles. The van der Waals surface area contributed by atoms with Crippen LogP contribution in [-0.4, -0.2) is 11.7 Å². The second-order valence-electron chi connectivity index (χ2n) is 3.67. The van der Waals surface area contributed by atoms with Crippen molar-refractivity contribution in [2.75, 3.05) is 6.54 Å². The summed E-state index contributed by atoms with van der Waals surface area (Å²) in [5.74, 6) is 0. The normalized spacial score (nSPS) is 11.9. The average molecular weight is 257 g/mol. The Morgan fingerprint density at radius 2 is 2.00 bits per heavy atom. The molecule has 2 nitrogen and oxygen atoms in total. The molecular weight excluding hydrogens is 240 g/mol. The molecule has 0 bridgehead atoms. The topological polar surface area (TPSA) is 24.1 Å². The van der Waals surface area contributed by atoms with Gasteiger partial charge >= 0.3 is 0 Å². The molecule has 0 saturated carbocycles. The summed E-state index contributed by atoms with van der Waals surface area (Å²) in [6.07, 6.45) is 1.07. The SMILES string of the molecule is CCCNC(=S)N[C@@H](C)c1ccc(Cl)cc1. The molecule has 0 radical (unpaired) electrons. The molecular formula is C12H17ClN2S. The minimum atomic E-state index is 0.189. The first-order valence-corrected chi connectivity index (χ1v) is 6.22. The van der Waals surface area contributed by atoms with E-state index in [1.165, 1.54) is 5.56 Å². The summed E-state index contributed by atoms with van der Waals surface area (Å²) in [5.41, 5.74) is 1.17. The maximum atomic E-state index is 5.83. The number of nitrogens with one attached hydrogen (secondary N) is 2. The van der Waals surface area contributed by atoms with Crippen LogP contribution in [-0.2, 0) is 0 Å². The predicted octanol–water partition coefficient (Wildman–Crippen LogP) is 3.28. The van der Waals surface area contributed by atoms with E-state index in [9.17, 15) is 0 Å². The zero-order chi connectivity index (χ0) is 12.0. The number of thiocarbonyl (C=S) groups is 1. The fourth-order valence-electron chi connectivity index (χ4n) is 1.32. The predicted molar refractivity (Wildman–Crippen MR) is 73.9 cm³/mol. The third kappa shape index (κ3) is 4.37. The minimum absolute atomic E-state index is 0.189. The van der Waals surface area contributed by atoms with Gasteiger partial charge in [0.2, 0.25) is 0 Å². The monoisotopic (exact) mass is 256 g/mol. The van der Waals surface area contributed by atoms with E-state index in [0.29, 0.717) is 5.11 Å². The van der Waals surface area contributed by atoms with Crippen molar-refractivity contribution in [3.63, 3.8) is 0 Å². The van der Waals surface area contributed by atoms with Crippen molar-refractivity contribution >= 4 is 28.9 Å². The Kier molecular flexibility index (Phi) is 5.56. The molecule has 0 aliphatic rings. The van der Waals surface area contributed by atoms with Crippen LogP contribution in [0.25, 0.3) is 0 Å². The van der Waals surface area contributed by atoms with E-state index in [1.807, 2.05) is 24.3 Å². The smallest absolute Gasteiger partial charge is 0.166 e. The molecule has 0 fully saturated rings. The van der Waals surface area contributed by atoms with Crippen LogP contribution in [0.4, 0.5) is 0 Å². The first kappa shape index (κ1) is 13.3. The highest BCUT2D eigenvalue weighted by Gasteiger charge is 2.05. The molecule has 0 heterocycles. The highest BCUT2D eigenvalue weighted by Crippen LogP contribution is 2.15.